The van der Waals surface area contributed by atoms with Gasteiger partial charge in [0.2, 0.25) is 0 Å². The molecule has 5 heteroatoms. The van der Waals surface area contributed by atoms with Crippen LogP contribution < -0.4 is 15.0 Å². The number of hydrogen-bond donors (Lipinski definition) is 1. The van der Waals surface area contributed by atoms with Crippen LogP contribution in [0.2, 0.25) is 0 Å². The number of fused-ring (bicyclic) bond motifs is 2. The van der Waals surface area contributed by atoms with E-state index in [1.807, 2.05) is 54.6 Å². The summed E-state index contributed by atoms with van der Waals surface area (Å²) in [5.74, 6) is 1.37. The lowest BCUT2D eigenvalue weighted by Crippen LogP contribution is -2.16. The van der Waals surface area contributed by atoms with Crippen molar-refractivity contribution in [1.29, 1.82) is 0 Å². The summed E-state index contributed by atoms with van der Waals surface area (Å²) in [5.41, 5.74) is 4.10. The normalized spacial score (nSPS) is 12.9. The van der Waals surface area contributed by atoms with Gasteiger partial charge >= 0.3 is 0 Å². The predicted molar refractivity (Wildman–Crippen MR) is 119 cm³/mol. The van der Waals surface area contributed by atoms with Gasteiger partial charge in [0.05, 0.1) is 11.1 Å². The van der Waals surface area contributed by atoms with Gasteiger partial charge in [-0.25, -0.2) is 0 Å². The molecule has 0 atom stereocenters. The number of H-pyrrole nitrogens is 1. The van der Waals surface area contributed by atoms with Gasteiger partial charge in [-0.15, -0.1) is 0 Å². The molecule has 4 aromatic rings. The molecule has 2 heterocycles. The first-order valence-corrected chi connectivity index (χ1v) is 10.1. The van der Waals surface area contributed by atoms with Crippen LogP contribution >= 0.6 is 22.6 Å². The Morgan fingerprint density at radius 3 is 2.25 bits per heavy atom. The van der Waals surface area contributed by atoms with Gasteiger partial charge in [-0.3, -0.25) is 4.79 Å². The summed E-state index contributed by atoms with van der Waals surface area (Å²) < 4.78 is 12.6. The molecule has 1 aliphatic heterocycles. The number of halogens is 1. The smallest absolute Gasteiger partial charge is 0.256 e. The number of ether oxygens (including phenoxy) is 2. The van der Waals surface area contributed by atoms with Crippen LogP contribution in [0.25, 0.3) is 33.2 Å². The molecule has 1 aliphatic rings. The average molecular weight is 481 g/mol. The van der Waals surface area contributed by atoms with Gasteiger partial charge in [0.1, 0.15) is 13.2 Å². The first kappa shape index (κ1) is 17.3. The van der Waals surface area contributed by atoms with Crippen molar-refractivity contribution in [2.24, 2.45) is 0 Å². The summed E-state index contributed by atoms with van der Waals surface area (Å²) in [5, 5.41) is 0.937. The molecule has 1 N–H and O–H groups in total. The Morgan fingerprint density at radius 2 is 1.50 bits per heavy atom. The third-order valence-corrected chi connectivity index (χ3v) is 5.82. The highest BCUT2D eigenvalue weighted by Gasteiger charge is 2.21. The maximum atomic E-state index is 13.2. The summed E-state index contributed by atoms with van der Waals surface area (Å²) in [6.45, 7) is 1.03. The molecule has 138 valence electrons. The van der Waals surface area contributed by atoms with Crippen molar-refractivity contribution < 1.29 is 9.47 Å². The van der Waals surface area contributed by atoms with Crippen LogP contribution in [0.15, 0.2) is 71.5 Å². The Balaban J connectivity index is 1.94. The lowest BCUT2D eigenvalue weighted by Gasteiger charge is -2.21. The second-order valence-electron chi connectivity index (χ2n) is 6.59. The molecule has 0 saturated carbocycles. The minimum absolute atomic E-state index is 0.120. The van der Waals surface area contributed by atoms with Gasteiger partial charge in [-0.05, 0) is 45.9 Å². The highest BCUT2D eigenvalue weighted by molar-refractivity contribution is 14.1. The lowest BCUT2D eigenvalue weighted by atomic mass is 9.92. The second kappa shape index (κ2) is 6.98. The quantitative estimate of drug-likeness (QED) is 0.399. The largest absolute Gasteiger partial charge is 0.486 e. The molecule has 0 aliphatic carbocycles. The minimum Gasteiger partial charge on any atom is -0.486 e. The third kappa shape index (κ3) is 2.86. The van der Waals surface area contributed by atoms with Crippen LogP contribution in [0.1, 0.15) is 0 Å². The summed E-state index contributed by atoms with van der Waals surface area (Å²) in [6, 6.07) is 21.7. The van der Waals surface area contributed by atoms with E-state index in [1.165, 1.54) is 0 Å². The number of nitrogens with one attached hydrogen (secondary N) is 1. The topological polar surface area (TPSA) is 51.3 Å². The van der Waals surface area contributed by atoms with E-state index < -0.39 is 0 Å². The Kier molecular flexibility index (Phi) is 4.31. The zero-order valence-electron chi connectivity index (χ0n) is 14.9. The monoisotopic (exact) mass is 481 g/mol. The van der Waals surface area contributed by atoms with E-state index in [4.69, 9.17) is 9.47 Å². The molecule has 0 saturated heterocycles. The Morgan fingerprint density at radius 1 is 0.821 bits per heavy atom. The molecule has 3 aromatic carbocycles. The van der Waals surface area contributed by atoms with Gasteiger partial charge in [0, 0.05) is 20.6 Å². The summed E-state index contributed by atoms with van der Waals surface area (Å²) >= 11 is 2.32. The van der Waals surface area contributed by atoms with E-state index in [-0.39, 0.29) is 5.56 Å². The van der Waals surface area contributed by atoms with Crippen LogP contribution in [0.5, 0.6) is 11.5 Å². The predicted octanol–water partition coefficient (Wildman–Crippen LogP) is 5.24. The number of aromatic nitrogens is 1. The maximum Gasteiger partial charge on any atom is 0.256 e. The zero-order valence-corrected chi connectivity index (χ0v) is 17.0. The molecule has 5 rings (SSSR count). The highest BCUT2D eigenvalue weighted by atomic mass is 127. The van der Waals surface area contributed by atoms with Gasteiger partial charge in [0.25, 0.3) is 5.56 Å². The summed E-state index contributed by atoms with van der Waals surface area (Å²) in [7, 11) is 0. The number of pyridine rings is 1. The van der Waals surface area contributed by atoms with E-state index in [0.717, 1.165) is 31.2 Å². The number of hydrogen-bond acceptors (Lipinski definition) is 3. The van der Waals surface area contributed by atoms with Gasteiger partial charge in [-0.2, -0.15) is 0 Å². The Bertz CT molecular complexity index is 1250. The first-order valence-electron chi connectivity index (χ1n) is 9.02. The summed E-state index contributed by atoms with van der Waals surface area (Å²) in [4.78, 5) is 16.2. The van der Waals surface area contributed by atoms with Crippen molar-refractivity contribution in [3.05, 3.63) is 80.7 Å². The molecule has 28 heavy (non-hydrogen) atoms. The van der Waals surface area contributed by atoms with Crippen LogP contribution in [0.3, 0.4) is 0 Å². The van der Waals surface area contributed by atoms with Gasteiger partial charge in [-0.1, -0.05) is 48.5 Å². The molecule has 0 unspecified atom stereocenters. The van der Waals surface area contributed by atoms with Crippen molar-refractivity contribution >= 4 is 33.5 Å². The standard InChI is InChI=1S/C23H16INO3/c24-17-9-5-4-8-15(17)22-16-12-19-20(28-11-10-27-19)13-18(16)25-23(26)21(22)14-6-2-1-3-7-14/h1-9,12-13H,10-11H2,(H,25,26). The fraction of sp³-hybridized carbons (Fsp3) is 0.0870. The van der Waals surface area contributed by atoms with Crippen LogP contribution in [-0.4, -0.2) is 18.2 Å². The fourth-order valence-electron chi connectivity index (χ4n) is 3.66. The van der Waals surface area contributed by atoms with E-state index in [1.54, 1.807) is 0 Å². The number of aromatic amines is 1. The minimum atomic E-state index is -0.120. The molecule has 0 spiro atoms. The Labute approximate surface area is 175 Å². The first-order chi connectivity index (χ1) is 13.7. The number of rotatable bonds is 2. The van der Waals surface area contributed by atoms with Crippen molar-refractivity contribution in [3.63, 3.8) is 0 Å². The van der Waals surface area contributed by atoms with E-state index in [2.05, 4.69) is 39.7 Å². The molecular weight excluding hydrogens is 465 g/mol. The lowest BCUT2D eigenvalue weighted by molar-refractivity contribution is 0.172. The average Bonchev–Trinajstić information content (AvgIpc) is 2.73. The van der Waals surface area contributed by atoms with Crippen molar-refractivity contribution in [1.82, 2.24) is 4.98 Å². The van der Waals surface area contributed by atoms with Gasteiger partial charge in [0.15, 0.2) is 11.5 Å². The molecule has 0 radical (unpaired) electrons. The van der Waals surface area contributed by atoms with Crippen molar-refractivity contribution in [3.8, 4) is 33.8 Å². The van der Waals surface area contributed by atoms with E-state index in [0.29, 0.717) is 30.3 Å². The second-order valence-corrected chi connectivity index (χ2v) is 7.75. The molecule has 0 amide bonds. The number of benzene rings is 3. The maximum absolute atomic E-state index is 13.2. The third-order valence-electron chi connectivity index (χ3n) is 4.88. The van der Waals surface area contributed by atoms with Crippen molar-refractivity contribution in [2.45, 2.75) is 0 Å². The van der Waals surface area contributed by atoms with Gasteiger partial charge < -0.3 is 14.5 Å². The van der Waals surface area contributed by atoms with Crippen LogP contribution in [0, 0.1) is 3.57 Å². The molecule has 0 fully saturated rings. The van der Waals surface area contributed by atoms with Crippen LogP contribution in [0.4, 0.5) is 0 Å². The van der Waals surface area contributed by atoms with E-state index in [9.17, 15) is 4.79 Å². The molecular formula is C23H16INO3. The molecule has 1 aromatic heterocycles. The van der Waals surface area contributed by atoms with Crippen LogP contribution in [-0.2, 0) is 0 Å². The van der Waals surface area contributed by atoms with E-state index >= 15 is 0 Å². The Hall–Kier alpha value is -2.80. The summed E-state index contributed by atoms with van der Waals surface area (Å²) in [6.07, 6.45) is 0. The molecule has 0 bridgehead atoms. The highest BCUT2D eigenvalue weighted by Crippen LogP contribution is 2.41. The fourth-order valence-corrected chi connectivity index (χ4v) is 4.31. The van der Waals surface area contributed by atoms with Crippen molar-refractivity contribution in [2.75, 3.05) is 13.2 Å². The SMILES string of the molecule is O=c1[nH]c2cc3c(cc2c(-c2ccccc2I)c1-c1ccccc1)OCCO3. The molecule has 4 nitrogen and oxygen atoms in total. The zero-order chi connectivity index (χ0) is 19.1.